The molecule has 1 N–H and O–H groups in total. The number of hydrogen-bond acceptors (Lipinski definition) is 5. The molecule has 228 valence electrons. The van der Waals surface area contributed by atoms with Gasteiger partial charge in [0.2, 0.25) is 0 Å². The predicted octanol–water partition coefficient (Wildman–Crippen LogP) is 5.75. The summed E-state index contributed by atoms with van der Waals surface area (Å²) in [6.45, 7) is 2.53. The van der Waals surface area contributed by atoms with Crippen LogP contribution in [0, 0.1) is 11.6 Å². The second-order valence-electron chi connectivity index (χ2n) is 10.3. The third-order valence-corrected chi connectivity index (χ3v) is 7.83. The maximum atomic E-state index is 14.3. The van der Waals surface area contributed by atoms with Gasteiger partial charge in [0.05, 0.1) is 22.7 Å². The molecule has 1 fully saturated rings. The summed E-state index contributed by atoms with van der Waals surface area (Å²) < 4.78 is 96.4. The maximum Gasteiger partial charge on any atom is 0.419 e. The zero-order chi connectivity index (χ0) is 31.9. The predicted molar refractivity (Wildman–Crippen MR) is 149 cm³/mol. The van der Waals surface area contributed by atoms with Crippen LogP contribution in [-0.4, -0.2) is 56.1 Å². The lowest BCUT2D eigenvalue weighted by molar-refractivity contribution is -0.140. The lowest BCUT2D eigenvalue weighted by Gasteiger charge is -2.28. The molecule has 0 unspecified atom stereocenters. The van der Waals surface area contributed by atoms with Crippen molar-refractivity contribution in [2.75, 3.05) is 24.3 Å². The molecule has 0 bridgehead atoms. The molecular formula is C28H26F5N5O4S. The number of halogens is 5. The molecule has 1 saturated heterocycles. The van der Waals surface area contributed by atoms with Crippen molar-refractivity contribution in [3.63, 3.8) is 0 Å². The molecule has 9 nitrogen and oxygen atoms in total. The first-order valence-corrected chi connectivity index (χ1v) is 14.0. The summed E-state index contributed by atoms with van der Waals surface area (Å²) >= 11 is 0. The molecule has 43 heavy (non-hydrogen) atoms. The number of nitrogens with zero attached hydrogens (tertiary/aromatic N) is 4. The largest absolute Gasteiger partial charge is 0.419 e. The fourth-order valence-electron chi connectivity index (χ4n) is 4.25. The number of urea groups is 1. The van der Waals surface area contributed by atoms with E-state index < -0.39 is 56.6 Å². The first kappa shape index (κ1) is 31.4. The number of amides is 3. The topological polar surface area (TPSA) is 102 Å². The number of alkyl halides is 3. The molecule has 1 aliphatic heterocycles. The van der Waals surface area contributed by atoms with Gasteiger partial charge in [-0.2, -0.15) is 21.6 Å². The molecule has 3 aromatic rings. The molecule has 3 aromatic carbocycles. The van der Waals surface area contributed by atoms with Crippen molar-refractivity contribution in [3.05, 3.63) is 83.4 Å². The summed E-state index contributed by atoms with van der Waals surface area (Å²) in [6.07, 6.45) is -3.92. The Labute approximate surface area is 244 Å². The van der Waals surface area contributed by atoms with E-state index in [1.54, 1.807) is 14.1 Å². The van der Waals surface area contributed by atoms with Gasteiger partial charge in [0.25, 0.3) is 15.9 Å². The highest BCUT2D eigenvalue weighted by molar-refractivity contribution is 7.90. The minimum atomic E-state index is -5.06. The standard InChI is InChI=1S/C28H26F5N5O4S/c1-27(2)25(39)38(20-9-12-23(30)22(14-20)28(31,32)33)26(40)37(27)15-17-5-6-18(29)13-24(17)35-19-7-10-21(11-8-19)43(41,42)34-16-36(3)4/h5-14,16,35H,15H2,1-4H3. The minimum absolute atomic E-state index is 0.0897. The average Bonchev–Trinajstić information content (AvgIpc) is 3.08. The van der Waals surface area contributed by atoms with Gasteiger partial charge >= 0.3 is 12.2 Å². The van der Waals surface area contributed by atoms with E-state index in [-0.39, 0.29) is 17.1 Å². The fraction of sp³-hybridized carbons (Fsp3) is 0.250. The van der Waals surface area contributed by atoms with Crippen LogP contribution in [0.15, 0.2) is 70.0 Å². The number of carbonyl (C=O) groups is 2. The molecule has 0 atom stereocenters. The highest BCUT2D eigenvalue weighted by atomic mass is 32.2. The third-order valence-electron chi connectivity index (χ3n) is 6.59. The number of benzene rings is 3. The van der Waals surface area contributed by atoms with E-state index in [2.05, 4.69) is 9.71 Å². The molecule has 0 radical (unpaired) electrons. The van der Waals surface area contributed by atoms with Crippen LogP contribution in [-0.2, 0) is 27.5 Å². The molecule has 0 aliphatic carbocycles. The van der Waals surface area contributed by atoms with Gasteiger partial charge in [0.1, 0.15) is 23.5 Å². The van der Waals surface area contributed by atoms with Crippen LogP contribution >= 0.6 is 0 Å². The number of rotatable bonds is 8. The molecule has 0 saturated carbocycles. The second kappa shape index (κ2) is 11.3. The Balaban J connectivity index is 1.63. The van der Waals surface area contributed by atoms with Gasteiger partial charge in [-0.3, -0.25) is 4.79 Å². The van der Waals surface area contributed by atoms with E-state index in [0.29, 0.717) is 28.3 Å². The van der Waals surface area contributed by atoms with Crippen LogP contribution in [0.3, 0.4) is 0 Å². The van der Waals surface area contributed by atoms with Crippen molar-refractivity contribution in [1.82, 2.24) is 9.80 Å². The summed E-state index contributed by atoms with van der Waals surface area (Å²) in [5.41, 5.74) is -2.76. The number of carbonyl (C=O) groups excluding carboxylic acids is 2. The van der Waals surface area contributed by atoms with Gasteiger partial charge in [0, 0.05) is 25.5 Å². The monoisotopic (exact) mass is 623 g/mol. The lowest BCUT2D eigenvalue weighted by atomic mass is 10.0. The number of hydrogen-bond donors (Lipinski definition) is 1. The molecule has 4 rings (SSSR count). The molecule has 1 aliphatic rings. The molecule has 0 spiro atoms. The van der Waals surface area contributed by atoms with Gasteiger partial charge in [0.15, 0.2) is 0 Å². The van der Waals surface area contributed by atoms with Crippen molar-refractivity contribution in [1.29, 1.82) is 0 Å². The first-order chi connectivity index (χ1) is 19.9. The van der Waals surface area contributed by atoms with Crippen LogP contribution < -0.4 is 10.2 Å². The van der Waals surface area contributed by atoms with Gasteiger partial charge in [-0.1, -0.05) is 6.07 Å². The van der Waals surface area contributed by atoms with Crippen molar-refractivity contribution < 1.29 is 40.0 Å². The Morgan fingerprint density at radius 2 is 1.63 bits per heavy atom. The van der Waals surface area contributed by atoms with Gasteiger partial charge in [-0.25, -0.2) is 18.5 Å². The van der Waals surface area contributed by atoms with E-state index in [9.17, 15) is 40.0 Å². The molecule has 15 heteroatoms. The molecule has 0 aromatic heterocycles. The van der Waals surface area contributed by atoms with E-state index in [1.807, 2.05) is 0 Å². The summed E-state index contributed by atoms with van der Waals surface area (Å²) in [6, 6.07) is 9.93. The molecular weight excluding hydrogens is 597 g/mol. The van der Waals surface area contributed by atoms with Gasteiger partial charge < -0.3 is 15.1 Å². The minimum Gasteiger partial charge on any atom is -0.368 e. The van der Waals surface area contributed by atoms with E-state index in [4.69, 9.17) is 0 Å². The van der Waals surface area contributed by atoms with Crippen molar-refractivity contribution in [3.8, 4) is 0 Å². The van der Waals surface area contributed by atoms with Crippen LogP contribution in [0.4, 0.5) is 43.8 Å². The highest BCUT2D eigenvalue weighted by Crippen LogP contribution is 2.38. The van der Waals surface area contributed by atoms with Crippen LogP contribution in [0.5, 0.6) is 0 Å². The van der Waals surface area contributed by atoms with Crippen molar-refractivity contribution in [2.24, 2.45) is 4.40 Å². The fourth-order valence-corrected chi connectivity index (χ4v) is 5.17. The first-order valence-electron chi connectivity index (χ1n) is 12.6. The zero-order valence-corrected chi connectivity index (χ0v) is 24.1. The summed E-state index contributed by atoms with van der Waals surface area (Å²) in [7, 11) is -0.744. The highest BCUT2D eigenvalue weighted by Gasteiger charge is 2.52. The van der Waals surface area contributed by atoms with Crippen LogP contribution in [0.2, 0.25) is 0 Å². The Kier molecular flexibility index (Phi) is 8.24. The number of anilines is 3. The SMILES string of the molecule is CN(C)C=NS(=O)(=O)c1ccc(Nc2cc(F)ccc2CN2C(=O)N(c3ccc(F)c(C(F)(F)F)c3)C(=O)C2(C)C)cc1. The van der Waals surface area contributed by atoms with Crippen molar-refractivity contribution >= 4 is 45.4 Å². The quantitative estimate of drug-likeness (QED) is 0.148. The Morgan fingerprint density at radius 1 is 0.977 bits per heavy atom. The summed E-state index contributed by atoms with van der Waals surface area (Å²) in [4.78, 5) is 29.7. The number of imide groups is 1. The maximum absolute atomic E-state index is 14.3. The Bertz CT molecular complexity index is 1710. The van der Waals surface area contributed by atoms with Crippen LogP contribution in [0.1, 0.15) is 25.0 Å². The molecule has 3 amide bonds. The Hall–Kier alpha value is -4.53. The Morgan fingerprint density at radius 3 is 2.23 bits per heavy atom. The number of sulfonamides is 1. The van der Waals surface area contributed by atoms with Gasteiger partial charge in [-0.05, 0) is 74.0 Å². The van der Waals surface area contributed by atoms with Crippen LogP contribution in [0.25, 0.3) is 0 Å². The van der Waals surface area contributed by atoms with E-state index in [0.717, 1.165) is 29.4 Å². The average molecular weight is 624 g/mol. The normalized spacial score (nSPS) is 15.5. The lowest BCUT2D eigenvalue weighted by Crippen LogP contribution is -2.43. The van der Waals surface area contributed by atoms with E-state index >= 15 is 0 Å². The summed E-state index contributed by atoms with van der Waals surface area (Å²) in [5.74, 6) is -3.04. The molecule has 1 heterocycles. The van der Waals surface area contributed by atoms with Gasteiger partial charge in [-0.15, -0.1) is 4.40 Å². The number of nitrogens with one attached hydrogen (secondary N) is 1. The summed E-state index contributed by atoms with van der Waals surface area (Å²) in [5, 5.41) is 2.96. The van der Waals surface area contributed by atoms with E-state index in [1.165, 1.54) is 49.1 Å². The zero-order valence-electron chi connectivity index (χ0n) is 23.3. The smallest absolute Gasteiger partial charge is 0.368 e. The third kappa shape index (κ3) is 6.45. The second-order valence-corrected chi connectivity index (χ2v) is 12.0. The van der Waals surface area contributed by atoms with Crippen molar-refractivity contribution in [2.45, 2.75) is 37.0 Å².